The quantitative estimate of drug-likeness (QED) is 0.331. The molecule has 0 aliphatic carbocycles. The summed E-state index contributed by atoms with van der Waals surface area (Å²) in [5, 5.41) is 4.88. The number of fused-ring (bicyclic) bond motifs is 1. The maximum Gasteiger partial charge on any atom is 0.263 e. The van der Waals surface area contributed by atoms with E-state index >= 15 is 0 Å². The predicted octanol–water partition coefficient (Wildman–Crippen LogP) is 4.72. The van der Waals surface area contributed by atoms with E-state index in [4.69, 9.17) is 5.73 Å². The number of anilines is 1. The number of aromatic nitrogens is 3. The Morgan fingerprint density at radius 3 is 2.64 bits per heavy atom. The van der Waals surface area contributed by atoms with Gasteiger partial charge in [-0.2, -0.15) is 0 Å². The highest BCUT2D eigenvalue weighted by Gasteiger charge is 2.21. The van der Waals surface area contributed by atoms with Gasteiger partial charge in [-0.05, 0) is 61.5 Å². The average molecular weight is 445 g/mol. The van der Waals surface area contributed by atoms with E-state index in [0.29, 0.717) is 34.7 Å². The van der Waals surface area contributed by atoms with Crippen LogP contribution >= 0.6 is 0 Å². The third kappa shape index (κ3) is 4.19. The van der Waals surface area contributed by atoms with Crippen LogP contribution in [0.3, 0.4) is 0 Å². The number of halogens is 1. The van der Waals surface area contributed by atoms with E-state index in [9.17, 15) is 9.18 Å². The van der Waals surface area contributed by atoms with Crippen LogP contribution in [0.1, 0.15) is 36.3 Å². The smallest absolute Gasteiger partial charge is 0.263 e. The summed E-state index contributed by atoms with van der Waals surface area (Å²) in [7, 11) is 0. The minimum absolute atomic E-state index is 0.161. The molecule has 2 heterocycles. The number of benzene rings is 2. The Hall–Kier alpha value is -4.07. The lowest BCUT2D eigenvalue weighted by molar-refractivity contribution is 0.626. The minimum atomic E-state index is -0.365. The molecular formula is C25H25FN6O. The highest BCUT2D eigenvalue weighted by molar-refractivity contribution is 5.85. The summed E-state index contributed by atoms with van der Waals surface area (Å²) in [6, 6.07) is 13.4. The minimum Gasteiger partial charge on any atom is -0.390 e. The fraction of sp³-hybridized carbons (Fsp3) is 0.200. The van der Waals surface area contributed by atoms with Crippen LogP contribution in [-0.4, -0.2) is 20.9 Å². The molecule has 168 valence electrons. The standard InChI is InChI=1S/C25H25FN6O/c1-4-20(31-24-23(28-13-27)16(3)29-14-30-24)21-12-17-7-5-6-15(2)22(17)25(33)32(21)19-10-8-18(26)9-11-19/h5-14,20H,4H2,1-3H3,(H2,27,28)(H,29,30,31). The van der Waals surface area contributed by atoms with Crippen molar-refractivity contribution in [3.05, 3.63) is 88.0 Å². The van der Waals surface area contributed by atoms with Crippen LogP contribution in [0, 0.1) is 19.7 Å². The van der Waals surface area contributed by atoms with Crippen molar-refractivity contribution in [2.75, 3.05) is 5.32 Å². The summed E-state index contributed by atoms with van der Waals surface area (Å²) in [4.78, 5) is 26.5. The zero-order valence-electron chi connectivity index (χ0n) is 18.7. The highest BCUT2D eigenvalue weighted by atomic mass is 19.1. The highest BCUT2D eigenvalue weighted by Crippen LogP contribution is 2.31. The number of nitrogens with zero attached hydrogens (tertiary/aromatic N) is 4. The molecule has 4 rings (SSSR count). The first-order valence-corrected chi connectivity index (χ1v) is 10.7. The molecule has 0 amide bonds. The van der Waals surface area contributed by atoms with Gasteiger partial charge in [0.05, 0.1) is 23.5 Å². The van der Waals surface area contributed by atoms with Crippen molar-refractivity contribution in [2.24, 2.45) is 10.7 Å². The number of rotatable bonds is 6. The van der Waals surface area contributed by atoms with Crippen LogP contribution in [0.5, 0.6) is 0 Å². The van der Waals surface area contributed by atoms with Gasteiger partial charge in [0.25, 0.3) is 5.56 Å². The Labute approximate surface area is 190 Å². The molecule has 7 nitrogen and oxygen atoms in total. The van der Waals surface area contributed by atoms with E-state index in [1.165, 1.54) is 24.8 Å². The molecule has 8 heteroatoms. The first kappa shape index (κ1) is 22.1. The lowest BCUT2D eigenvalue weighted by Crippen LogP contribution is -2.27. The molecule has 0 bridgehead atoms. The third-order valence-electron chi connectivity index (χ3n) is 5.65. The lowest BCUT2D eigenvalue weighted by atomic mass is 10.0. The van der Waals surface area contributed by atoms with Gasteiger partial charge in [-0.25, -0.2) is 19.4 Å². The molecule has 0 aliphatic rings. The summed E-state index contributed by atoms with van der Waals surface area (Å²) in [5.74, 6) is 0.148. The number of nitrogens with one attached hydrogen (secondary N) is 1. The second-order valence-corrected chi connectivity index (χ2v) is 7.76. The van der Waals surface area contributed by atoms with Crippen molar-refractivity contribution in [3.63, 3.8) is 0 Å². The molecule has 2 aromatic heterocycles. The number of pyridine rings is 1. The molecule has 33 heavy (non-hydrogen) atoms. The zero-order valence-corrected chi connectivity index (χ0v) is 18.7. The number of aryl methyl sites for hydroxylation is 2. The van der Waals surface area contributed by atoms with Crippen LogP contribution < -0.4 is 16.6 Å². The summed E-state index contributed by atoms with van der Waals surface area (Å²) in [6.07, 6.45) is 3.30. The Bertz CT molecular complexity index is 1390. The van der Waals surface area contributed by atoms with Crippen molar-refractivity contribution in [1.29, 1.82) is 0 Å². The average Bonchev–Trinajstić information content (AvgIpc) is 2.80. The Morgan fingerprint density at radius 2 is 1.94 bits per heavy atom. The zero-order chi connectivity index (χ0) is 23.5. The normalized spacial score (nSPS) is 12.4. The van der Waals surface area contributed by atoms with Gasteiger partial charge in [-0.3, -0.25) is 9.36 Å². The second kappa shape index (κ2) is 9.20. The molecule has 0 aliphatic heterocycles. The van der Waals surface area contributed by atoms with Crippen molar-refractivity contribution in [3.8, 4) is 5.69 Å². The van der Waals surface area contributed by atoms with Crippen LogP contribution in [-0.2, 0) is 0 Å². The monoisotopic (exact) mass is 444 g/mol. The largest absolute Gasteiger partial charge is 0.390 e. The number of hydrogen-bond donors (Lipinski definition) is 2. The lowest BCUT2D eigenvalue weighted by Gasteiger charge is -2.24. The SMILES string of the molecule is CCC(Nc1ncnc(C)c1N=CN)c1cc2cccc(C)c2c(=O)n1-c1ccc(F)cc1. The van der Waals surface area contributed by atoms with Crippen LogP contribution in [0.25, 0.3) is 16.5 Å². The predicted molar refractivity (Wildman–Crippen MR) is 130 cm³/mol. The molecule has 4 aromatic rings. The van der Waals surface area contributed by atoms with E-state index in [1.807, 2.05) is 45.0 Å². The molecule has 3 N–H and O–H groups in total. The summed E-state index contributed by atoms with van der Waals surface area (Å²) in [6.45, 7) is 5.75. The van der Waals surface area contributed by atoms with E-state index in [0.717, 1.165) is 16.6 Å². The molecule has 2 aromatic carbocycles. The maximum absolute atomic E-state index is 13.7. The van der Waals surface area contributed by atoms with Gasteiger partial charge in [0, 0.05) is 11.4 Å². The number of nitrogens with two attached hydrogens (primary N) is 1. The number of hydrogen-bond acceptors (Lipinski definition) is 5. The molecule has 0 radical (unpaired) electrons. The molecule has 0 spiro atoms. The fourth-order valence-electron chi connectivity index (χ4n) is 4.02. The van der Waals surface area contributed by atoms with Crippen LogP contribution in [0.4, 0.5) is 15.9 Å². The first-order chi connectivity index (χ1) is 15.9. The first-order valence-electron chi connectivity index (χ1n) is 10.7. The van der Waals surface area contributed by atoms with Gasteiger partial charge in [-0.1, -0.05) is 25.1 Å². The third-order valence-corrected chi connectivity index (χ3v) is 5.65. The van der Waals surface area contributed by atoms with Gasteiger partial charge in [0.1, 0.15) is 17.8 Å². The summed E-state index contributed by atoms with van der Waals surface area (Å²) < 4.78 is 15.3. The van der Waals surface area contributed by atoms with Crippen LogP contribution in [0.15, 0.2) is 64.6 Å². The topological polar surface area (TPSA) is 98.2 Å². The van der Waals surface area contributed by atoms with Crippen molar-refractivity contribution in [2.45, 2.75) is 33.2 Å². The van der Waals surface area contributed by atoms with Crippen molar-refractivity contribution < 1.29 is 4.39 Å². The van der Waals surface area contributed by atoms with E-state index in [1.54, 1.807) is 16.7 Å². The van der Waals surface area contributed by atoms with Crippen molar-refractivity contribution >= 4 is 28.6 Å². The van der Waals surface area contributed by atoms with Crippen molar-refractivity contribution in [1.82, 2.24) is 14.5 Å². The summed E-state index contributed by atoms with van der Waals surface area (Å²) in [5.41, 5.74) is 8.77. The van der Waals surface area contributed by atoms with Gasteiger partial charge in [0.2, 0.25) is 0 Å². The van der Waals surface area contributed by atoms with Crippen LogP contribution in [0.2, 0.25) is 0 Å². The maximum atomic E-state index is 13.7. The van der Waals surface area contributed by atoms with E-state index < -0.39 is 0 Å². The molecule has 0 fully saturated rings. The molecule has 0 saturated carbocycles. The van der Waals surface area contributed by atoms with Gasteiger partial charge in [-0.15, -0.1) is 0 Å². The van der Waals surface area contributed by atoms with Gasteiger partial charge < -0.3 is 11.1 Å². The molecule has 1 atom stereocenters. The Balaban J connectivity index is 1.95. The van der Waals surface area contributed by atoms with E-state index in [-0.39, 0.29) is 17.4 Å². The Morgan fingerprint density at radius 1 is 1.18 bits per heavy atom. The Kier molecular flexibility index (Phi) is 6.17. The molecule has 0 saturated heterocycles. The second-order valence-electron chi connectivity index (χ2n) is 7.76. The fourth-order valence-corrected chi connectivity index (χ4v) is 4.02. The summed E-state index contributed by atoms with van der Waals surface area (Å²) >= 11 is 0. The van der Waals surface area contributed by atoms with Gasteiger partial charge in [0.15, 0.2) is 5.82 Å². The van der Waals surface area contributed by atoms with Gasteiger partial charge >= 0.3 is 0 Å². The molecule has 1 unspecified atom stereocenters. The number of aliphatic imine (C=N–C) groups is 1. The van der Waals surface area contributed by atoms with E-state index in [2.05, 4.69) is 20.3 Å². The molecular weight excluding hydrogens is 419 g/mol.